The van der Waals surface area contributed by atoms with Gasteiger partial charge >= 0.3 is 0 Å². The van der Waals surface area contributed by atoms with Crippen molar-refractivity contribution < 1.29 is 14.7 Å². The van der Waals surface area contributed by atoms with Crippen molar-refractivity contribution in [2.24, 2.45) is 5.41 Å². The van der Waals surface area contributed by atoms with Gasteiger partial charge in [-0.3, -0.25) is 14.6 Å². The largest absolute Gasteiger partial charge is 0.383 e. The summed E-state index contributed by atoms with van der Waals surface area (Å²) < 4.78 is 0. The van der Waals surface area contributed by atoms with E-state index in [0.29, 0.717) is 25.9 Å². The first-order chi connectivity index (χ1) is 12.5. The van der Waals surface area contributed by atoms with Crippen molar-refractivity contribution in [2.75, 3.05) is 26.2 Å². The predicted molar refractivity (Wildman–Crippen MR) is 98.3 cm³/mol. The summed E-state index contributed by atoms with van der Waals surface area (Å²) in [6.07, 6.45) is 7.32. The predicted octanol–water partition coefficient (Wildman–Crippen LogP) is 1.63. The van der Waals surface area contributed by atoms with Gasteiger partial charge in [0, 0.05) is 45.0 Å². The van der Waals surface area contributed by atoms with Crippen LogP contribution in [0.25, 0.3) is 0 Å². The Labute approximate surface area is 155 Å². The van der Waals surface area contributed by atoms with Crippen LogP contribution in [0.3, 0.4) is 0 Å². The Morgan fingerprint density at radius 1 is 1.27 bits per heavy atom. The molecule has 2 aliphatic heterocycles. The zero-order valence-electron chi connectivity index (χ0n) is 15.6. The third-order valence-electron chi connectivity index (χ3n) is 5.98. The van der Waals surface area contributed by atoms with Crippen LogP contribution in [-0.2, 0) is 16.0 Å². The molecule has 0 saturated carbocycles. The second-order valence-corrected chi connectivity index (χ2v) is 7.67. The van der Waals surface area contributed by atoms with E-state index in [2.05, 4.69) is 4.98 Å². The number of carbonyl (C=O) groups is 2. The molecule has 26 heavy (non-hydrogen) atoms. The van der Waals surface area contributed by atoms with Gasteiger partial charge in [-0.25, -0.2) is 0 Å². The first kappa shape index (κ1) is 18.8. The maximum Gasteiger partial charge on any atom is 0.251 e. The number of piperidine rings is 2. The van der Waals surface area contributed by atoms with Gasteiger partial charge in [0.2, 0.25) is 5.91 Å². The molecule has 6 nitrogen and oxygen atoms in total. The van der Waals surface area contributed by atoms with Crippen LogP contribution in [0.1, 0.15) is 44.6 Å². The average molecular weight is 359 g/mol. The molecular weight excluding hydrogens is 330 g/mol. The quantitative estimate of drug-likeness (QED) is 0.867. The fraction of sp³-hybridized carbons (Fsp3) is 0.650. The van der Waals surface area contributed by atoms with E-state index in [9.17, 15) is 14.7 Å². The van der Waals surface area contributed by atoms with Crippen molar-refractivity contribution in [3.63, 3.8) is 0 Å². The zero-order valence-corrected chi connectivity index (χ0v) is 15.6. The topological polar surface area (TPSA) is 73.7 Å². The standard InChI is InChI=1S/C20H29N3O3/c1-2-17(24)19(26)22-13-8-20(9-14-22)7-3-18(25)23(15-20)12-6-16-4-10-21-11-5-16/h4-5,10-11,17,24H,2-3,6-9,12-15H2,1H3/t17-/m1/s1. The van der Waals surface area contributed by atoms with Crippen molar-refractivity contribution in [3.05, 3.63) is 30.1 Å². The van der Waals surface area contributed by atoms with Crippen LogP contribution in [-0.4, -0.2) is 64.0 Å². The molecule has 1 aromatic heterocycles. The van der Waals surface area contributed by atoms with E-state index in [1.807, 2.05) is 24.0 Å². The summed E-state index contributed by atoms with van der Waals surface area (Å²) in [5.41, 5.74) is 1.32. The molecule has 2 aliphatic rings. The van der Waals surface area contributed by atoms with Gasteiger partial charge in [0.25, 0.3) is 5.91 Å². The van der Waals surface area contributed by atoms with E-state index < -0.39 is 6.10 Å². The Bertz CT molecular complexity index is 626. The monoisotopic (exact) mass is 359 g/mol. The van der Waals surface area contributed by atoms with Gasteiger partial charge < -0.3 is 14.9 Å². The van der Waals surface area contributed by atoms with Crippen LogP contribution in [0.15, 0.2) is 24.5 Å². The number of rotatable bonds is 5. The summed E-state index contributed by atoms with van der Waals surface area (Å²) in [4.78, 5) is 32.4. The highest BCUT2D eigenvalue weighted by atomic mass is 16.3. The Morgan fingerprint density at radius 2 is 1.96 bits per heavy atom. The molecule has 0 aromatic carbocycles. The molecule has 1 N–H and O–H groups in total. The van der Waals surface area contributed by atoms with Crippen LogP contribution in [0.5, 0.6) is 0 Å². The highest BCUT2D eigenvalue weighted by Gasteiger charge is 2.41. The van der Waals surface area contributed by atoms with Gasteiger partial charge in [0.05, 0.1) is 0 Å². The lowest BCUT2D eigenvalue weighted by Crippen LogP contribution is -2.53. The molecule has 1 spiro atoms. The van der Waals surface area contributed by atoms with Crippen molar-refractivity contribution >= 4 is 11.8 Å². The molecule has 0 radical (unpaired) electrons. The first-order valence-electron chi connectivity index (χ1n) is 9.66. The minimum Gasteiger partial charge on any atom is -0.383 e. The molecule has 3 heterocycles. The summed E-state index contributed by atoms with van der Waals surface area (Å²) >= 11 is 0. The summed E-state index contributed by atoms with van der Waals surface area (Å²) in [6, 6.07) is 3.99. The van der Waals surface area contributed by atoms with Crippen LogP contribution in [0, 0.1) is 5.41 Å². The van der Waals surface area contributed by atoms with Gasteiger partial charge in [0.1, 0.15) is 6.10 Å². The van der Waals surface area contributed by atoms with Gasteiger partial charge in [-0.05, 0) is 55.2 Å². The summed E-state index contributed by atoms with van der Waals surface area (Å²) in [7, 11) is 0. The fourth-order valence-corrected chi connectivity index (χ4v) is 4.11. The van der Waals surface area contributed by atoms with Crippen LogP contribution < -0.4 is 0 Å². The number of nitrogens with zero attached hydrogens (tertiary/aromatic N) is 3. The maximum atomic E-state index is 12.4. The Kier molecular flexibility index (Phi) is 5.91. The molecule has 2 saturated heterocycles. The number of likely N-dealkylation sites (tertiary alicyclic amines) is 2. The lowest BCUT2D eigenvalue weighted by molar-refractivity contribution is -0.146. The van der Waals surface area contributed by atoms with Crippen molar-refractivity contribution in [2.45, 2.75) is 51.6 Å². The molecule has 142 valence electrons. The Balaban J connectivity index is 1.56. The second-order valence-electron chi connectivity index (χ2n) is 7.67. The highest BCUT2D eigenvalue weighted by molar-refractivity contribution is 5.80. The van der Waals surface area contributed by atoms with Crippen LogP contribution in [0.4, 0.5) is 0 Å². The van der Waals surface area contributed by atoms with Crippen LogP contribution in [0.2, 0.25) is 0 Å². The lowest BCUT2D eigenvalue weighted by Gasteiger charge is -2.47. The summed E-state index contributed by atoms with van der Waals surface area (Å²) in [5.74, 6) is 0.0911. The number of carbonyl (C=O) groups excluding carboxylic acids is 2. The van der Waals surface area contributed by atoms with E-state index >= 15 is 0 Å². The molecule has 6 heteroatoms. The van der Waals surface area contributed by atoms with E-state index in [0.717, 1.165) is 38.8 Å². The average Bonchev–Trinajstić information content (AvgIpc) is 2.69. The number of hydrogen-bond acceptors (Lipinski definition) is 4. The molecule has 3 rings (SSSR count). The molecule has 0 unspecified atom stereocenters. The van der Waals surface area contributed by atoms with Crippen molar-refractivity contribution in [3.8, 4) is 0 Å². The molecule has 2 amide bonds. The van der Waals surface area contributed by atoms with Crippen LogP contribution >= 0.6 is 0 Å². The highest BCUT2D eigenvalue weighted by Crippen LogP contribution is 2.40. The van der Waals surface area contributed by atoms with E-state index in [4.69, 9.17) is 0 Å². The minimum absolute atomic E-state index is 0.125. The zero-order chi connectivity index (χ0) is 18.6. The maximum absolute atomic E-state index is 12.4. The number of amides is 2. The molecule has 0 bridgehead atoms. The Morgan fingerprint density at radius 3 is 2.62 bits per heavy atom. The number of hydrogen-bond donors (Lipinski definition) is 1. The van der Waals surface area contributed by atoms with E-state index in [-0.39, 0.29) is 17.2 Å². The van der Waals surface area contributed by atoms with Crippen molar-refractivity contribution in [1.29, 1.82) is 0 Å². The Hall–Kier alpha value is -1.95. The van der Waals surface area contributed by atoms with Gasteiger partial charge in [-0.1, -0.05) is 6.92 Å². The molecule has 1 aromatic rings. The third-order valence-corrected chi connectivity index (χ3v) is 5.98. The number of aliphatic hydroxyl groups is 1. The third kappa shape index (κ3) is 4.23. The number of aliphatic hydroxyl groups excluding tert-OH is 1. The minimum atomic E-state index is -0.881. The smallest absolute Gasteiger partial charge is 0.251 e. The van der Waals surface area contributed by atoms with Gasteiger partial charge in [-0.2, -0.15) is 0 Å². The number of aromatic nitrogens is 1. The van der Waals surface area contributed by atoms with Crippen molar-refractivity contribution in [1.82, 2.24) is 14.8 Å². The van der Waals surface area contributed by atoms with E-state index in [1.54, 1.807) is 17.3 Å². The van der Waals surface area contributed by atoms with Gasteiger partial charge in [-0.15, -0.1) is 0 Å². The first-order valence-corrected chi connectivity index (χ1v) is 9.66. The van der Waals surface area contributed by atoms with Gasteiger partial charge in [0.15, 0.2) is 0 Å². The second kappa shape index (κ2) is 8.16. The number of pyridine rings is 1. The molecule has 2 fully saturated rings. The SMILES string of the molecule is CC[C@@H](O)C(=O)N1CCC2(CCC(=O)N(CCc3ccncc3)C2)CC1. The molecular formula is C20H29N3O3. The van der Waals surface area contributed by atoms with E-state index in [1.165, 1.54) is 5.56 Å². The molecule has 1 atom stereocenters. The normalized spacial score (nSPS) is 21.1. The molecule has 0 aliphatic carbocycles. The summed E-state index contributed by atoms with van der Waals surface area (Å²) in [5, 5.41) is 9.79. The fourth-order valence-electron chi connectivity index (χ4n) is 4.11. The lowest BCUT2D eigenvalue weighted by atomic mass is 9.72. The summed E-state index contributed by atoms with van der Waals surface area (Å²) in [6.45, 7) is 4.71.